The fourth-order valence-electron chi connectivity index (χ4n) is 1.61. The van der Waals surface area contributed by atoms with Crippen molar-refractivity contribution in [3.05, 3.63) is 57.0 Å². The van der Waals surface area contributed by atoms with Crippen LogP contribution in [0.3, 0.4) is 0 Å². The lowest BCUT2D eigenvalue weighted by atomic mass is 10.2. The predicted molar refractivity (Wildman–Crippen MR) is 95.0 cm³/mol. The molecule has 0 bridgehead atoms. The van der Waals surface area contributed by atoms with Crippen LogP contribution in [0.25, 0.3) is 0 Å². The number of halogens is 2. The van der Waals surface area contributed by atoms with Gasteiger partial charge in [-0.15, -0.1) is 0 Å². The molecule has 8 heteroatoms. The van der Waals surface area contributed by atoms with Gasteiger partial charge >= 0.3 is 0 Å². The average Bonchev–Trinajstić information content (AvgIpc) is 2.41. The maximum absolute atomic E-state index is 12.4. The molecule has 0 saturated heterocycles. The second kappa shape index (κ2) is 6.43. The zero-order valence-corrected chi connectivity index (χ0v) is 15.3. The van der Waals surface area contributed by atoms with Crippen molar-refractivity contribution < 1.29 is 8.42 Å². The van der Waals surface area contributed by atoms with Gasteiger partial charge in [-0.05, 0) is 62.2 Å². The molecule has 0 radical (unpaired) electrons. The molecule has 2 aromatic carbocycles. The molecule has 0 amide bonds. The highest BCUT2D eigenvalue weighted by molar-refractivity contribution is 9.11. The molecule has 0 aliphatic rings. The van der Waals surface area contributed by atoms with E-state index in [1.165, 1.54) is 6.07 Å². The van der Waals surface area contributed by atoms with Crippen molar-refractivity contribution in [1.29, 1.82) is 0 Å². The lowest BCUT2D eigenvalue weighted by molar-refractivity contribution is 0.600. The van der Waals surface area contributed by atoms with Crippen LogP contribution in [0.4, 0.5) is 5.69 Å². The van der Waals surface area contributed by atoms with E-state index in [1.807, 2.05) is 0 Å². The molecule has 2 rings (SSSR count). The topological polar surface area (TPSA) is 72.2 Å². The van der Waals surface area contributed by atoms with Crippen molar-refractivity contribution in [2.24, 2.45) is 5.73 Å². The Labute approximate surface area is 145 Å². The molecular formula is C13H10Br2N2O2S2. The third kappa shape index (κ3) is 3.82. The second-order valence-corrected chi connectivity index (χ2v) is 7.89. The molecule has 0 fully saturated rings. The largest absolute Gasteiger partial charge is 0.389 e. The van der Waals surface area contributed by atoms with Crippen LogP contribution in [0.2, 0.25) is 0 Å². The highest BCUT2D eigenvalue weighted by Gasteiger charge is 2.18. The minimum absolute atomic E-state index is 0.162. The SMILES string of the molecule is NC(=S)c1ccc(NS(=O)(=O)c2ccccc2Br)c(Br)c1. The van der Waals surface area contributed by atoms with E-state index >= 15 is 0 Å². The number of thiocarbonyl (C=S) groups is 1. The van der Waals surface area contributed by atoms with Crippen molar-refractivity contribution in [3.8, 4) is 0 Å². The minimum Gasteiger partial charge on any atom is -0.389 e. The number of sulfonamides is 1. The van der Waals surface area contributed by atoms with Crippen LogP contribution in [0.1, 0.15) is 5.56 Å². The maximum atomic E-state index is 12.4. The minimum atomic E-state index is -3.69. The van der Waals surface area contributed by atoms with Gasteiger partial charge in [0.25, 0.3) is 10.0 Å². The Hall–Kier alpha value is -0.960. The number of benzene rings is 2. The molecule has 21 heavy (non-hydrogen) atoms. The predicted octanol–water partition coefficient (Wildman–Crippen LogP) is 3.65. The average molecular weight is 450 g/mol. The smallest absolute Gasteiger partial charge is 0.263 e. The zero-order valence-electron chi connectivity index (χ0n) is 10.5. The molecule has 0 aliphatic carbocycles. The first-order valence-electron chi connectivity index (χ1n) is 5.68. The molecule has 4 nitrogen and oxygen atoms in total. The quantitative estimate of drug-likeness (QED) is 0.698. The van der Waals surface area contributed by atoms with E-state index in [-0.39, 0.29) is 9.88 Å². The standard InChI is InChI=1S/C13H10Br2N2O2S2/c14-9-3-1-2-4-12(9)21(18,19)17-11-6-5-8(13(16)20)7-10(11)15/h1-7,17H,(H2,16,20). The molecule has 110 valence electrons. The van der Waals surface area contributed by atoms with E-state index in [0.29, 0.717) is 20.2 Å². The van der Waals surface area contributed by atoms with Gasteiger partial charge in [0, 0.05) is 14.5 Å². The van der Waals surface area contributed by atoms with Crippen molar-refractivity contribution in [3.63, 3.8) is 0 Å². The van der Waals surface area contributed by atoms with E-state index in [9.17, 15) is 8.42 Å². The normalized spacial score (nSPS) is 11.1. The molecule has 0 atom stereocenters. The van der Waals surface area contributed by atoms with Crippen molar-refractivity contribution in [1.82, 2.24) is 0 Å². The fourth-order valence-corrected chi connectivity index (χ4v) is 4.43. The van der Waals surface area contributed by atoms with Crippen molar-refractivity contribution >= 4 is 64.8 Å². The number of nitrogens with one attached hydrogen (secondary N) is 1. The van der Waals surface area contributed by atoms with Crippen LogP contribution in [0.15, 0.2) is 56.3 Å². The Morgan fingerprint density at radius 2 is 1.76 bits per heavy atom. The molecular weight excluding hydrogens is 440 g/mol. The molecule has 0 aliphatic heterocycles. The van der Waals surface area contributed by atoms with E-state index in [0.717, 1.165) is 0 Å². The summed E-state index contributed by atoms with van der Waals surface area (Å²) >= 11 is 11.4. The van der Waals surface area contributed by atoms with Gasteiger partial charge in [-0.3, -0.25) is 4.72 Å². The maximum Gasteiger partial charge on any atom is 0.263 e. The molecule has 0 saturated carbocycles. The van der Waals surface area contributed by atoms with Gasteiger partial charge in [0.2, 0.25) is 0 Å². The van der Waals surface area contributed by atoms with Crippen molar-refractivity contribution in [2.75, 3.05) is 4.72 Å². The Kier molecular flexibility index (Phi) is 5.03. The third-order valence-corrected chi connectivity index (χ3v) is 5.89. The summed E-state index contributed by atoms with van der Waals surface area (Å²) in [6.45, 7) is 0. The van der Waals surface area contributed by atoms with Crippen LogP contribution in [-0.4, -0.2) is 13.4 Å². The Morgan fingerprint density at radius 1 is 1.10 bits per heavy atom. The summed E-state index contributed by atoms with van der Waals surface area (Å²) in [5.74, 6) is 0. The van der Waals surface area contributed by atoms with Gasteiger partial charge in [0.15, 0.2) is 0 Å². The second-order valence-electron chi connectivity index (χ2n) is 4.09. The van der Waals surface area contributed by atoms with Gasteiger partial charge in [-0.2, -0.15) is 0 Å². The van der Waals surface area contributed by atoms with Crippen molar-refractivity contribution in [2.45, 2.75) is 4.90 Å². The molecule has 0 spiro atoms. The molecule has 0 heterocycles. The Morgan fingerprint density at radius 3 is 2.33 bits per heavy atom. The molecule has 0 aromatic heterocycles. The van der Waals surface area contributed by atoms with Crippen LogP contribution in [-0.2, 0) is 10.0 Å². The van der Waals surface area contributed by atoms with Gasteiger partial charge in [0.1, 0.15) is 9.88 Å². The number of hydrogen-bond acceptors (Lipinski definition) is 3. The number of rotatable bonds is 4. The fraction of sp³-hybridized carbons (Fsp3) is 0. The van der Waals surface area contributed by atoms with Crippen LogP contribution in [0, 0.1) is 0 Å². The van der Waals surface area contributed by atoms with Gasteiger partial charge in [-0.25, -0.2) is 8.42 Å². The highest BCUT2D eigenvalue weighted by Crippen LogP contribution is 2.28. The summed E-state index contributed by atoms with van der Waals surface area (Å²) in [6, 6.07) is 11.5. The lowest BCUT2D eigenvalue weighted by Crippen LogP contribution is -2.14. The molecule has 3 N–H and O–H groups in total. The summed E-state index contributed by atoms with van der Waals surface area (Å²) in [7, 11) is -3.69. The van der Waals surface area contributed by atoms with E-state index in [1.54, 1.807) is 36.4 Å². The third-order valence-electron chi connectivity index (χ3n) is 2.62. The number of nitrogens with two attached hydrogens (primary N) is 1. The van der Waals surface area contributed by atoms with Crippen LogP contribution >= 0.6 is 44.1 Å². The molecule has 2 aromatic rings. The Balaban J connectivity index is 2.38. The first-order valence-corrected chi connectivity index (χ1v) is 9.16. The summed E-state index contributed by atoms with van der Waals surface area (Å²) < 4.78 is 28.3. The summed E-state index contributed by atoms with van der Waals surface area (Å²) in [6.07, 6.45) is 0. The van der Waals surface area contributed by atoms with E-state index in [4.69, 9.17) is 18.0 Å². The van der Waals surface area contributed by atoms with Gasteiger partial charge in [0.05, 0.1) is 5.69 Å². The summed E-state index contributed by atoms with van der Waals surface area (Å²) in [5, 5.41) is 0. The zero-order chi connectivity index (χ0) is 15.6. The lowest BCUT2D eigenvalue weighted by Gasteiger charge is -2.11. The number of hydrogen-bond donors (Lipinski definition) is 2. The first kappa shape index (κ1) is 16.4. The Bertz CT molecular complexity index is 808. The summed E-state index contributed by atoms with van der Waals surface area (Å²) in [4.78, 5) is 0.409. The first-order chi connectivity index (χ1) is 9.81. The van der Waals surface area contributed by atoms with E-state index < -0.39 is 10.0 Å². The van der Waals surface area contributed by atoms with E-state index in [2.05, 4.69) is 36.6 Å². The van der Waals surface area contributed by atoms with Crippen LogP contribution in [0.5, 0.6) is 0 Å². The molecule has 0 unspecified atom stereocenters. The monoisotopic (exact) mass is 448 g/mol. The van der Waals surface area contributed by atoms with Gasteiger partial charge < -0.3 is 5.73 Å². The summed E-state index contributed by atoms with van der Waals surface area (Å²) in [5.41, 5.74) is 6.60. The highest BCUT2D eigenvalue weighted by atomic mass is 79.9. The number of anilines is 1. The van der Waals surface area contributed by atoms with Gasteiger partial charge in [-0.1, -0.05) is 24.4 Å². The van der Waals surface area contributed by atoms with Crippen LogP contribution < -0.4 is 10.5 Å².